The Bertz CT molecular complexity index is 1410. The summed E-state index contributed by atoms with van der Waals surface area (Å²) in [5, 5.41) is 9.18. The van der Waals surface area contributed by atoms with Crippen molar-refractivity contribution in [3.05, 3.63) is 60.3 Å². The average Bonchev–Trinajstić information content (AvgIpc) is 3.32. The van der Waals surface area contributed by atoms with Gasteiger partial charge in [0.2, 0.25) is 0 Å². The molecule has 1 aliphatic heterocycles. The van der Waals surface area contributed by atoms with E-state index in [1.807, 2.05) is 36.8 Å². The first kappa shape index (κ1) is 23.0. The van der Waals surface area contributed by atoms with E-state index in [0.717, 1.165) is 54.3 Å². The lowest BCUT2D eigenvalue weighted by molar-refractivity contribution is 0.393. The van der Waals surface area contributed by atoms with Crippen LogP contribution in [0.15, 0.2) is 48.9 Å². The van der Waals surface area contributed by atoms with Crippen molar-refractivity contribution in [2.45, 2.75) is 46.1 Å². The molecule has 0 unspecified atom stereocenters. The molecule has 0 aliphatic carbocycles. The summed E-state index contributed by atoms with van der Waals surface area (Å²) in [6, 6.07) is 12.9. The maximum Gasteiger partial charge on any atom is 0.147 e. The van der Waals surface area contributed by atoms with Crippen molar-refractivity contribution in [3.8, 4) is 28.6 Å². The highest BCUT2D eigenvalue weighted by atomic mass is 19.1. The van der Waals surface area contributed by atoms with E-state index >= 15 is 0 Å². The van der Waals surface area contributed by atoms with Gasteiger partial charge in [0.25, 0.3) is 0 Å². The summed E-state index contributed by atoms with van der Waals surface area (Å²) in [7, 11) is 0. The predicted octanol–water partition coefficient (Wildman–Crippen LogP) is 6.38. The van der Waals surface area contributed by atoms with E-state index in [-0.39, 0.29) is 5.56 Å². The minimum absolute atomic E-state index is 0.0155. The molecule has 3 heterocycles. The van der Waals surface area contributed by atoms with E-state index in [1.165, 1.54) is 18.6 Å². The van der Waals surface area contributed by atoms with Gasteiger partial charge >= 0.3 is 0 Å². The Balaban J connectivity index is 1.61. The lowest BCUT2D eigenvalue weighted by Gasteiger charge is -2.32. The van der Waals surface area contributed by atoms with Crippen LogP contribution in [0.5, 0.6) is 0 Å². The lowest BCUT2D eigenvalue weighted by Crippen LogP contribution is -2.34. The van der Waals surface area contributed by atoms with Crippen LogP contribution in [0.1, 0.15) is 51.6 Å². The SMILES string of the molecule is CCC1CCN(c2cnc(-c3ccc4c(c3)ncn4C(C)C)c(-c3ccc(C#N)c(F)c3)n2)CC1. The van der Waals surface area contributed by atoms with Crippen molar-refractivity contribution < 1.29 is 4.39 Å². The fourth-order valence-electron chi connectivity index (χ4n) is 4.86. The number of rotatable bonds is 5. The van der Waals surface area contributed by atoms with Gasteiger partial charge < -0.3 is 9.47 Å². The van der Waals surface area contributed by atoms with Crippen LogP contribution in [-0.2, 0) is 0 Å². The third kappa shape index (κ3) is 4.37. The lowest BCUT2D eigenvalue weighted by atomic mass is 9.94. The van der Waals surface area contributed by atoms with Gasteiger partial charge in [-0.15, -0.1) is 0 Å². The summed E-state index contributed by atoms with van der Waals surface area (Å²) >= 11 is 0. The van der Waals surface area contributed by atoms with E-state index in [0.29, 0.717) is 23.0 Å². The molecule has 0 atom stereocenters. The number of imidazole rings is 1. The molecule has 2 aromatic carbocycles. The molecule has 4 aromatic rings. The number of benzene rings is 2. The minimum Gasteiger partial charge on any atom is -0.355 e. The zero-order valence-corrected chi connectivity index (χ0v) is 20.4. The normalized spacial score (nSPS) is 14.6. The van der Waals surface area contributed by atoms with Crippen LogP contribution in [0.4, 0.5) is 10.2 Å². The smallest absolute Gasteiger partial charge is 0.147 e. The summed E-state index contributed by atoms with van der Waals surface area (Å²) in [5.74, 6) is 0.995. The molecule has 0 spiro atoms. The molecule has 178 valence electrons. The van der Waals surface area contributed by atoms with Crippen molar-refractivity contribution in [2.75, 3.05) is 18.0 Å². The Labute approximate surface area is 205 Å². The zero-order valence-electron chi connectivity index (χ0n) is 20.4. The Morgan fingerprint density at radius 3 is 2.49 bits per heavy atom. The number of anilines is 1. The van der Waals surface area contributed by atoms with Crippen LogP contribution >= 0.6 is 0 Å². The van der Waals surface area contributed by atoms with Crippen LogP contribution < -0.4 is 4.90 Å². The van der Waals surface area contributed by atoms with Gasteiger partial charge in [0.1, 0.15) is 17.7 Å². The van der Waals surface area contributed by atoms with Crippen LogP contribution in [0.3, 0.4) is 0 Å². The molecule has 0 saturated carbocycles. The molecule has 35 heavy (non-hydrogen) atoms. The van der Waals surface area contributed by atoms with Crippen molar-refractivity contribution in [2.24, 2.45) is 5.92 Å². The first-order valence-electron chi connectivity index (χ1n) is 12.3. The van der Waals surface area contributed by atoms with Crippen LogP contribution in [-0.4, -0.2) is 32.6 Å². The molecule has 0 bridgehead atoms. The maximum absolute atomic E-state index is 14.6. The number of fused-ring (bicyclic) bond motifs is 1. The van der Waals surface area contributed by atoms with E-state index < -0.39 is 5.82 Å². The van der Waals surface area contributed by atoms with Gasteiger partial charge in [0.15, 0.2) is 0 Å². The molecule has 1 fully saturated rings. The summed E-state index contributed by atoms with van der Waals surface area (Å²) in [6.45, 7) is 8.37. The third-order valence-corrected chi connectivity index (χ3v) is 7.04. The van der Waals surface area contributed by atoms with Gasteiger partial charge in [-0.1, -0.05) is 25.5 Å². The van der Waals surface area contributed by atoms with Gasteiger partial charge in [-0.25, -0.2) is 14.4 Å². The van der Waals surface area contributed by atoms with Crippen LogP contribution in [0.2, 0.25) is 0 Å². The second-order valence-corrected chi connectivity index (χ2v) is 9.52. The number of nitriles is 1. The molecular formula is C28H29FN6. The number of hydrogen-bond donors (Lipinski definition) is 0. The summed E-state index contributed by atoms with van der Waals surface area (Å²) in [6.07, 6.45) is 7.14. The summed E-state index contributed by atoms with van der Waals surface area (Å²) < 4.78 is 16.7. The highest BCUT2D eigenvalue weighted by Gasteiger charge is 2.22. The Kier molecular flexibility index (Phi) is 6.21. The van der Waals surface area contributed by atoms with Gasteiger partial charge in [0, 0.05) is 30.3 Å². The fraction of sp³-hybridized carbons (Fsp3) is 0.357. The standard InChI is InChI=1S/C28H29FN6/c1-4-19-9-11-34(12-10-19)26-16-31-27(28(33-26)20-5-6-22(15-30)23(29)13-20)21-7-8-25-24(14-21)32-17-35(25)18(2)3/h5-8,13-14,16-19H,4,9-12H2,1-3H3. The Hall–Kier alpha value is -3.79. The van der Waals surface area contributed by atoms with Gasteiger partial charge in [-0.3, -0.25) is 4.98 Å². The predicted molar refractivity (Wildman–Crippen MR) is 136 cm³/mol. The number of nitrogens with zero attached hydrogens (tertiary/aromatic N) is 6. The largest absolute Gasteiger partial charge is 0.355 e. The zero-order chi connectivity index (χ0) is 24.5. The third-order valence-electron chi connectivity index (χ3n) is 7.04. The van der Waals surface area contributed by atoms with Crippen molar-refractivity contribution in [1.82, 2.24) is 19.5 Å². The first-order valence-corrected chi connectivity index (χ1v) is 12.3. The second-order valence-electron chi connectivity index (χ2n) is 9.52. The van der Waals surface area contributed by atoms with E-state index in [1.54, 1.807) is 6.07 Å². The first-order chi connectivity index (χ1) is 17.0. The van der Waals surface area contributed by atoms with Crippen LogP contribution in [0, 0.1) is 23.1 Å². The topological polar surface area (TPSA) is 70.6 Å². The van der Waals surface area contributed by atoms with E-state index in [9.17, 15) is 9.65 Å². The van der Waals surface area contributed by atoms with Crippen molar-refractivity contribution in [3.63, 3.8) is 0 Å². The second kappa shape index (κ2) is 9.46. The number of halogens is 1. The molecular weight excluding hydrogens is 439 g/mol. The highest BCUT2D eigenvalue weighted by Crippen LogP contribution is 2.34. The minimum atomic E-state index is -0.557. The number of hydrogen-bond acceptors (Lipinski definition) is 5. The number of aromatic nitrogens is 4. The highest BCUT2D eigenvalue weighted by molar-refractivity contribution is 5.86. The maximum atomic E-state index is 14.6. The molecule has 0 radical (unpaired) electrons. The summed E-state index contributed by atoms with van der Waals surface area (Å²) in [4.78, 5) is 16.7. The molecule has 0 N–H and O–H groups in total. The van der Waals surface area contributed by atoms with Crippen molar-refractivity contribution >= 4 is 16.9 Å². The molecule has 5 rings (SSSR count). The van der Waals surface area contributed by atoms with Gasteiger partial charge in [-0.2, -0.15) is 5.26 Å². The summed E-state index contributed by atoms with van der Waals surface area (Å²) in [5.41, 5.74) is 4.69. The average molecular weight is 469 g/mol. The van der Waals surface area contributed by atoms with Crippen molar-refractivity contribution in [1.29, 1.82) is 5.26 Å². The quantitative estimate of drug-likeness (QED) is 0.340. The molecule has 0 amide bonds. The van der Waals surface area contributed by atoms with E-state index in [4.69, 9.17) is 9.97 Å². The molecule has 7 heteroatoms. The molecule has 1 saturated heterocycles. The fourth-order valence-corrected chi connectivity index (χ4v) is 4.86. The molecule has 6 nitrogen and oxygen atoms in total. The molecule has 2 aromatic heterocycles. The Morgan fingerprint density at radius 1 is 1.06 bits per heavy atom. The van der Waals surface area contributed by atoms with Crippen LogP contribution in [0.25, 0.3) is 33.5 Å². The molecule has 1 aliphatic rings. The van der Waals surface area contributed by atoms with Gasteiger partial charge in [-0.05, 0) is 56.9 Å². The van der Waals surface area contributed by atoms with Gasteiger partial charge in [0.05, 0.1) is 40.5 Å². The Morgan fingerprint density at radius 2 is 1.80 bits per heavy atom. The van der Waals surface area contributed by atoms with E-state index in [2.05, 4.69) is 35.2 Å². The monoisotopic (exact) mass is 468 g/mol. The number of piperidine rings is 1.